The quantitative estimate of drug-likeness (QED) is 0.461. The number of aliphatic hydroxyl groups is 1. The number of nitrogens with zero attached hydrogens (tertiary/aromatic N) is 4. The number of nitrogens with two attached hydrogens (primary N) is 1. The van der Waals surface area contributed by atoms with E-state index in [1.54, 1.807) is 18.0 Å². The fraction of sp³-hybridized carbons (Fsp3) is 0.348. The molecule has 2 aliphatic rings. The first-order valence-corrected chi connectivity index (χ1v) is 11.9. The molecule has 0 bridgehead atoms. The zero-order valence-corrected chi connectivity index (χ0v) is 20.0. The largest absolute Gasteiger partial charge is 0.373 e. The van der Waals surface area contributed by atoms with E-state index in [1.165, 1.54) is 23.2 Å². The standard InChI is InChI=1S/C23H24N6O5S/c1-12(30)29-10-15(11-29)25-21-18(19(24)31)26-20(35-21)14-5-3-4-13(8-14)16-9-17(34-27-16)23(33)6-7-28(2)22(23)32/h3-5,8-9,15,25,33H,6-7,10-11H2,1-2H3,(H2,24,31). The molecule has 2 saturated heterocycles. The molecule has 0 spiro atoms. The Bertz CT molecular complexity index is 1330. The average molecular weight is 497 g/mol. The van der Waals surface area contributed by atoms with Gasteiger partial charge in [0.1, 0.15) is 15.7 Å². The first kappa shape index (κ1) is 23.0. The molecule has 3 amide bonds. The molecule has 3 aromatic rings. The van der Waals surface area contributed by atoms with Gasteiger partial charge in [-0.1, -0.05) is 34.7 Å². The maximum atomic E-state index is 12.4. The lowest BCUT2D eigenvalue weighted by Crippen LogP contribution is -2.56. The molecule has 1 aromatic carbocycles. The number of amides is 3. The summed E-state index contributed by atoms with van der Waals surface area (Å²) in [5, 5.41) is 19.3. The van der Waals surface area contributed by atoms with Crippen molar-refractivity contribution in [1.29, 1.82) is 0 Å². The molecule has 35 heavy (non-hydrogen) atoms. The van der Waals surface area contributed by atoms with Crippen LogP contribution in [0.3, 0.4) is 0 Å². The first-order valence-electron chi connectivity index (χ1n) is 11.0. The Kier molecular flexibility index (Phi) is 5.56. The number of hydrogen-bond acceptors (Lipinski definition) is 9. The monoisotopic (exact) mass is 496 g/mol. The van der Waals surface area contributed by atoms with Crippen molar-refractivity contribution in [2.24, 2.45) is 5.73 Å². The summed E-state index contributed by atoms with van der Waals surface area (Å²) in [4.78, 5) is 43.4. The molecule has 11 nitrogen and oxygen atoms in total. The summed E-state index contributed by atoms with van der Waals surface area (Å²) in [6.45, 7) is 3.05. The van der Waals surface area contributed by atoms with E-state index in [9.17, 15) is 19.5 Å². The Morgan fingerprint density at radius 3 is 2.69 bits per heavy atom. The Morgan fingerprint density at radius 1 is 1.29 bits per heavy atom. The number of carbonyl (C=O) groups is 3. The van der Waals surface area contributed by atoms with Crippen LogP contribution in [0.1, 0.15) is 29.6 Å². The smallest absolute Gasteiger partial charge is 0.270 e. The molecule has 2 aromatic heterocycles. The highest BCUT2D eigenvalue weighted by molar-refractivity contribution is 7.19. The van der Waals surface area contributed by atoms with E-state index in [4.69, 9.17) is 10.3 Å². The van der Waals surface area contributed by atoms with E-state index < -0.39 is 17.4 Å². The zero-order chi connectivity index (χ0) is 24.9. The Morgan fingerprint density at radius 2 is 2.03 bits per heavy atom. The Labute approximate surface area is 204 Å². The van der Waals surface area contributed by atoms with E-state index >= 15 is 0 Å². The molecule has 12 heteroatoms. The van der Waals surface area contributed by atoms with E-state index in [-0.39, 0.29) is 29.8 Å². The Hall–Kier alpha value is -3.77. The number of thiazole rings is 1. The number of hydrogen-bond donors (Lipinski definition) is 3. The predicted molar refractivity (Wildman–Crippen MR) is 127 cm³/mol. The van der Waals surface area contributed by atoms with Gasteiger partial charge in [-0.3, -0.25) is 14.4 Å². The minimum atomic E-state index is -1.72. The second kappa shape index (κ2) is 8.47. The van der Waals surface area contributed by atoms with Crippen molar-refractivity contribution in [2.45, 2.75) is 25.0 Å². The van der Waals surface area contributed by atoms with Crippen LogP contribution in [0, 0.1) is 0 Å². The third kappa shape index (κ3) is 4.04. The summed E-state index contributed by atoms with van der Waals surface area (Å²) in [5.74, 6) is -0.959. The van der Waals surface area contributed by atoms with Gasteiger partial charge in [-0.2, -0.15) is 0 Å². The van der Waals surface area contributed by atoms with Crippen LogP contribution >= 0.6 is 11.3 Å². The fourth-order valence-electron chi connectivity index (χ4n) is 4.22. The molecule has 4 heterocycles. The number of likely N-dealkylation sites (tertiary alicyclic amines) is 2. The number of likely N-dealkylation sites (N-methyl/N-ethyl adjacent to an activating group) is 1. The van der Waals surface area contributed by atoms with Crippen LogP contribution in [0.15, 0.2) is 34.9 Å². The van der Waals surface area contributed by atoms with E-state index in [0.717, 1.165) is 5.56 Å². The van der Waals surface area contributed by atoms with E-state index in [0.29, 0.717) is 40.9 Å². The minimum absolute atomic E-state index is 0.00688. The SMILES string of the molecule is CC(=O)N1CC(Nc2sc(-c3cccc(-c4cc(C5(O)CCN(C)C5=O)on4)c3)nc2C(N)=O)C1. The fourth-order valence-corrected chi connectivity index (χ4v) is 5.26. The summed E-state index contributed by atoms with van der Waals surface area (Å²) in [6.07, 6.45) is 0.229. The van der Waals surface area contributed by atoms with Crippen LogP contribution in [0.4, 0.5) is 5.00 Å². The number of carbonyl (C=O) groups excluding carboxylic acids is 3. The van der Waals surface area contributed by atoms with Crippen molar-refractivity contribution in [3.8, 4) is 21.8 Å². The highest BCUT2D eigenvalue weighted by atomic mass is 32.1. The summed E-state index contributed by atoms with van der Waals surface area (Å²) in [5.41, 5.74) is 5.88. The molecule has 2 fully saturated rings. The zero-order valence-electron chi connectivity index (χ0n) is 19.1. The molecule has 0 radical (unpaired) electrons. The van der Waals surface area contributed by atoms with Gasteiger partial charge in [-0.05, 0) is 6.07 Å². The van der Waals surface area contributed by atoms with Crippen molar-refractivity contribution in [3.63, 3.8) is 0 Å². The molecule has 1 atom stereocenters. The second-order valence-electron chi connectivity index (χ2n) is 8.82. The van der Waals surface area contributed by atoms with Crippen LogP contribution < -0.4 is 11.1 Å². The van der Waals surface area contributed by atoms with Gasteiger partial charge in [-0.15, -0.1) is 0 Å². The maximum Gasteiger partial charge on any atom is 0.270 e. The second-order valence-corrected chi connectivity index (χ2v) is 9.82. The number of primary amides is 1. The van der Waals surface area contributed by atoms with Crippen LogP contribution in [-0.4, -0.2) is 75.5 Å². The molecule has 2 aliphatic heterocycles. The maximum absolute atomic E-state index is 12.4. The number of anilines is 1. The van der Waals surface area contributed by atoms with Crippen LogP contribution in [0.25, 0.3) is 21.8 Å². The lowest BCUT2D eigenvalue weighted by molar-refractivity contribution is -0.144. The lowest BCUT2D eigenvalue weighted by Gasteiger charge is -2.39. The van der Waals surface area contributed by atoms with Crippen molar-refractivity contribution in [2.75, 3.05) is 32.0 Å². The van der Waals surface area contributed by atoms with Gasteiger partial charge in [-0.25, -0.2) is 4.98 Å². The van der Waals surface area contributed by atoms with E-state index in [1.807, 2.05) is 24.3 Å². The predicted octanol–water partition coefficient (Wildman–Crippen LogP) is 1.26. The summed E-state index contributed by atoms with van der Waals surface area (Å²) in [7, 11) is 1.63. The van der Waals surface area contributed by atoms with Crippen LogP contribution in [0.2, 0.25) is 0 Å². The molecule has 0 aliphatic carbocycles. The Balaban J connectivity index is 1.40. The summed E-state index contributed by atoms with van der Waals surface area (Å²) < 4.78 is 5.35. The third-order valence-corrected chi connectivity index (χ3v) is 7.39. The number of aromatic nitrogens is 2. The number of rotatable bonds is 6. The molecule has 5 rings (SSSR count). The average Bonchev–Trinajstić information content (AvgIpc) is 3.52. The van der Waals surface area contributed by atoms with Crippen LogP contribution in [0.5, 0.6) is 0 Å². The van der Waals surface area contributed by atoms with Gasteiger partial charge in [0.15, 0.2) is 11.5 Å². The molecular weight excluding hydrogens is 472 g/mol. The molecule has 0 saturated carbocycles. The van der Waals surface area contributed by atoms with E-state index in [2.05, 4.69) is 15.5 Å². The molecule has 182 valence electrons. The van der Waals surface area contributed by atoms with Gasteiger partial charge in [0.05, 0.1) is 6.04 Å². The van der Waals surface area contributed by atoms with Gasteiger partial charge < -0.3 is 30.5 Å². The summed E-state index contributed by atoms with van der Waals surface area (Å²) in [6, 6.07) is 8.91. The van der Waals surface area contributed by atoms with Gasteiger partial charge in [0.25, 0.3) is 11.8 Å². The van der Waals surface area contributed by atoms with Crippen molar-refractivity contribution < 1.29 is 24.0 Å². The molecule has 1 unspecified atom stereocenters. The van der Waals surface area contributed by atoms with Crippen molar-refractivity contribution in [1.82, 2.24) is 19.9 Å². The minimum Gasteiger partial charge on any atom is -0.373 e. The summed E-state index contributed by atoms with van der Waals surface area (Å²) >= 11 is 1.30. The van der Waals surface area contributed by atoms with Crippen molar-refractivity contribution in [3.05, 3.63) is 41.8 Å². The van der Waals surface area contributed by atoms with Crippen LogP contribution in [-0.2, 0) is 15.2 Å². The van der Waals surface area contributed by atoms with Crippen molar-refractivity contribution >= 4 is 34.1 Å². The highest BCUT2D eigenvalue weighted by Gasteiger charge is 2.48. The first-order chi connectivity index (χ1) is 16.7. The van der Waals surface area contributed by atoms with Gasteiger partial charge >= 0.3 is 0 Å². The molecule has 4 N–H and O–H groups in total. The van der Waals surface area contributed by atoms with Gasteiger partial charge in [0.2, 0.25) is 11.5 Å². The highest BCUT2D eigenvalue weighted by Crippen LogP contribution is 2.37. The molecular formula is C23H24N6O5S. The topological polar surface area (TPSA) is 155 Å². The normalized spacial score (nSPS) is 20.3. The third-order valence-electron chi connectivity index (χ3n) is 6.36. The number of nitrogens with one attached hydrogen (secondary N) is 1. The number of benzene rings is 1. The van der Waals surface area contributed by atoms with Gasteiger partial charge in [0, 0.05) is 57.2 Å². The lowest BCUT2D eigenvalue weighted by atomic mass is 9.98.